The predicted octanol–water partition coefficient (Wildman–Crippen LogP) is 8.84. The van der Waals surface area contributed by atoms with Gasteiger partial charge in [0.05, 0.1) is 11.4 Å². The van der Waals surface area contributed by atoms with Crippen LogP contribution in [0, 0.1) is 0 Å². The Hall–Kier alpha value is -4.38. The minimum absolute atomic E-state index is 0.0566. The van der Waals surface area contributed by atoms with Gasteiger partial charge in [-0.2, -0.15) is 8.78 Å². The number of hydrogen-bond donors (Lipinski definition) is 1. The first kappa shape index (κ1) is 30.6. The third-order valence-corrected chi connectivity index (χ3v) is 8.61. The highest BCUT2D eigenvalue weighted by Gasteiger charge is 2.32. The highest BCUT2D eigenvalue weighted by atomic mass is 35.5. The van der Waals surface area contributed by atoms with Gasteiger partial charge in [-0.25, -0.2) is 4.99 Å². The number of ether oxygens (including phenoxy) is 1. The van der Waals surface area contributed by atoms with E-state index in [0.29, 0.717) is 27.0 Å². The molecule has 0 bridgehead atoms. The van der Waals surface area contributed by atoms with Crippen LogP contribution in [0.4, 0.5) is 20.2 Å². The van der Waals surface area contributed by atoms with Crippen molar-refractivity contribution >= 4 is 91.2 Å². The lowest BCUT2D eigenvalue weighted by Crippen LogP contribution is -2.31. The van der Waals surface area contributed by atoms with Gasteiger partial charge in [-0.15, -0.1) is 0 Å². The maximum atomic E-state index is 13.6. The molecule has 0 spiro atoms. The Bertz CT molecular complexity index is 2010. The normalized spacial score (nSPS) is 14.2. The molecule has 228 valence electrons. The number of thioether (sulfide) groups is 1. The van der Waals surface area contributed by atoms with Crippen LogP contribution in [0.3, 0.4) is 0 Å². The maximum absolute atomic E-state index is 13.6. The van der Waals surface area contributed by atoms with Crippen molar-refractivity contribution in [2.24, 2.45) is 4.99 Å². The van der Waals surface area contributed by atoms with Crippen LogP contribution < -0.4 is 15.0 Å². The number of carbonyl (C=O) groups excluding carboxylic acids is 2. The lowest BCUT2D eigenvalue weighted by atomic mass is 10.1. The molecule has 1 aromatic heterocycles. The van der Waals surface area contributed by atoms with Crippen LogP contribution >= 0.6 is 35.0 Å². The summed E-state index contributed by atoms with van der Waals surface area (Å²) in [4.78, 5) is 32.5. The van der Waals surface area contributed by atoms with Crippen molar-refractivity contribution in [2.45, 2.75) is 20.1 Å². The lowest BCUT2D eigenvalue weighted by Gasteiger charge is -2.18. The highest BCUT2D eigenvalue weighted by Crippen LogP contribution is 2.34. The Morgan fingerprint density at radius 3 is 2.49 bits per heavy atom. The van der Waals surface area contributed by atoms with Crippen molar-refractivity contribution in [1.82, 2.24) is 4.57 Å². The second kappa shape index (κ2) is 12.9. The van der Waals surface area contributed by atoms with Crippen molar-refractivity contribution < 1.29 is 23.1 Å². The number of amidine groups is 1. The molecule has 2 amide bonds. The number of anilines is 2. The van der Waals surface area contributed by atoms with Gasteiger partial charge < -0.3 is 14.6 Å². The maximum Gasteiger partial charge on any atom is 0.387 e. The topological polar surface area (TPSA) is 75.9 Å². The number of hydrogen-bond acceptors (Lipinski definition) is 5. The summed E-state index contributed by atoms with van der Waals surface area (Å²) < 4.78 is 32.0. The molecule has 2 heterocycles. The zero-order valence-electron chi connectivity index (χ0n) is 23.6. The van der Waals surface area contributed by atoms with Crippen LogP contribution in [-0.4, -0.2) is 33.9 Å². The van der Waals surface area contributed by atoms with E-state index in [9.17, 15) is 18.4 Å². The average molecular weight is 666 g/mol. The van der Waals surface area contributed by atoms with Crippen molar-refractivity contribution in [1.29, 1.82) is 0 Å². The first-order valence-corrected chi connectivity index (χ1v) is 15.5. The molecule has 4 aromatic carbocycles. The molecule has 0 saturated carbocycles. The Morgan fingerprint density at radius 1 is 1.00 bits per heavy atom. The summed E-state index contributed by atoms with van der Waals surface area (Å²) in [7, 11) is 0. The second-order valence-corrected chi connectivity index (χ2v) is 11.7. The van der Waals surface area contributed by atoms with Gasteiger partial charge in [0.2, 0.25) is 5.91 Å². The van der Waals surface area contributed by atoms with E-state index in [1.54, 1.807) is 18.2 Å². The van der Waals surface area contributed by atoms with Crippen LogP contribution in [0.25, 0.3) is 27.9 Å². The molecule has 5 aromatic rings. The second-order valence-electron chi connectivity index (χ2n) is 9.93. The van der Waals surface area contributed by atoms with Gasteiger partial charge in [0.1, 0.15) is 11.4 Å². The zero-order chi connectivity index (χ0) is 31.7. The summed E-state index contributed by atoms with van der Waals surface area (Å²) >= 11 is 13.4. The van der Waals surface area contributed by atoms with E-state index < -0.39 is 12.5 Å². The monoisotopic (exact) mass is 664 g/mol. The molecule has 0 atom stereocenters. The fraction of sp³-hybridized carbons (Fsp3) is 0.121. The Morgan fingerprint density at radius 2 is 1.76 bits per heavy atom. The highest BCUT2D eigenvalue weighted by molar-refractivity contribution is 8.14. The first-order chi connectivity index (χ1) is 21.7. The average Bonchev–Trinajstić information content (AvgIpc) is 3.50. The van der Waals surface area contributed by atoms with Gasteiger partial charge in [-0.1, -0.05) is 59.2 Å². The molecular formula is C33H24Cl2F2N4O3S. The van der Waals surface area contributed by atoms with E-state index in [-0.39, 0.29) is 28.3 Å². The van der Waals surface area contributed by atoms with Crippen LogP contribution in [0.2, 0.25) is 10.0 Å². The fourth-order valence-electron chi connectivity index (χ4n) is 5.16. The zero-order valence-corrected chi connectivity index (χ0v) is 26.0. The summed E-state index contributed by atoms with van der Waals surface area (Å²) in [6.45, 7) is -0.0821. The van der Waals surface area contributed by atoms with Gasteiger partial charge in [0.15, 0.2) is 5.17 Å². The molecular weight excluding hydrogens is 641 g/mol. The number of aryl methyl sites for hydroxylation is 1. The standard InChI is InChI=1S/C33H24Cl2F2N4O3S/c1-2-40-28-6-4-3-5-24(28)25-17-21(9-14-29(25)40)38-30(42)18-45-33-39-27(15-19-7-8-20(34)16-26(19)35)31(43)41(33)22-10-12-23(13-11-22)44-32(36)37/h3-17,32H,2,18H2,1H3,(H,38,42). The van der Waals surface area contributed by atoms with Crippen LogP contribution in [0.5, 0.6) is 5.75 Å². The molecule has 1 aliphatic heterocycles. The number of nitrogens with one attached hydrogen (secondary N) is 1. The SMILES string of the molecule is CCn1c2ccccc2c2cc(NC(=O)CSC3=NC(=Cc4ccc(Cl)cc4Cl)C(=O)N3c3ccc(OC(F)F)cc3)ccc21. The summed E-state index contributed by atoms with van der Waals surface area (Å²) in [6.07, 6.45) is 1.53. The Balaban J connectivity index is 1.25. The number of aliphatic imine (C=N–C) groups is 1. The number of benzene rings is 4. The van der Waals surface area contributed by atoms with Crippen molar-refractivity contribution in [3.63, 3.8) is 0 Å². The van der Waals surface area contributed by atoms with E-state index in [1.807, 2.05) is 30.3 Å². The Kier molecular flexibility index (Phi) is 8.80. The number of fused-ring (bicyclic) bond motifs is 3. The van der Waals surface area contributed by atoms with Crippen LogP contribution in [0.15, 0.2) is 95.6 Å². The van der Waals surface area contributed by atoms with E-state index in [2.05, 4.69) is 38.7 Å². The van der Waals surface area contributed by atoms with Gasteiger partial charge >= 0.3 is 6.61 Å². The molecule has 0 fully saturated rings. The van der Waals surface area contributed by atoms with E-state index in [4.69, 9.17) is 23.2 Å². The predicted molar refractivity (Wildman–Crippen MR) is 179 cm³/mol. The third-order valence-electron chi connectivity index (χ3n) is 7.11. The van der Waals surface area contributed by atoms with Gasteiger partial charge in [0.25, 0.3) is 5.91 Å². The van der Waals surface area contributed by atoms with Gasteiger partial charge in [-0.05, 0) is 79.2 Å². The fourth-order valence-corrected chi connectivity index (χ4v) is 6.44. The van der Waals surface area contributed by atoms with Crippen molar-refractivity contribution in [3.8, 4) is 5.75 Å². The first-order valence-electron chi connectivity index (χ1n) is 13.8. The largest absolute Gasteiger partial charge is 0.435 e. The molecule has 7 nitrogen and oxygen atoms in total. The van der Waals surface area contributed by atoms with Gasteiger partial charge in [-0.3, -0.25) is 14.5 Å². The molecule has 1 N–H and O–H groups in total. The number of nitrogens with zero attached hydrogens (tertiary/aromatic N) is 3. The number of halogens is 4. The summed E-state index contributed by atoms with van der Waals surface area (Å²) in [5.41, 5.74) is 3.80. The number of aromatic nitrogens is 1. The molecule has 0 unspecified atom stereocenters. The summed E-state index contributed by atoms with van der Waals surface area (Å²) in [5.74, 6) is -0.899. The number of alkyl halides is 2. The lowest BCUT2D eigenvalue weighted by molar-refractivity contribution is -0.114. The minimum atomic E-state index is -2.99. The quantitative estimate of drug-likeness (QED) is 0.168. The summed E-state index contributed by atoms with van der Waals surface area (Å²) in [5, 5.41) is 6.08. The molecule has 0 aliphatic carbocycles. The number of para-hydroxylation sites is 1. The number of amides is 2. The van der Waals surface area contributed by atoms with Crippen molar-refractivity contribution in [3.05, 3.63) is 106 Å². The molecule has 0 saturated heterocycles. The smallest absolute Gasteiger partial charge is 0.387 e. The summed E-state index contributed by atoms with van der Waals surface area (Å²) in [6, 6.07) is 24.4. The van der Waals surface area contributed by atoms with E-state index in [1.165, 1.54) is 35.2 Å². The number of carbonyl (C=O) groups is 2. The van der Waals surface area contributed by atoms with Crippen LogP contribution in [-0.2, 0) is 16.1 Å². The van der Waals surface area contributed by atoms with Gasteiger partial charge in [0, 0.05) is 44.1 Å². The Labute approximate surface area is 271 Å². The molecule has 0 radical (unpaired) electrons. The molecule has 1 aliphatic rings. The molecule has 45 heavy (non-hydrogen) atoms. The minimum Gasteiger partial charge on any atom is -0.435 e. The molecule has 6 rings (SSSR count). The van der Waals surface area contributed by atoms with Crippen LogP contribution in [0.1, 0.15) is 12.5 Å². The molecule has 12 heteroatoms. The number of rotatable bonds is 8. The van der Waals surface area contributed by atoms with Crippen molar-refractivity contribution in [2.75, 3.05) is 16.0 Å². The third kappa shape index (κ3) is 6.40. The van der Waals surface area contributed by atoms with E-state index in [0.717, 1.165) is 40.1 Å². The van der Waals surface area contributed by atoms with E-state index >= 15 is 0 Å².